The van der Waals surface area contributed by atoms with Crippen molar-refractivity contribution in [3.63, 3.8) is 0 Å². The largest absolute Gasteiger partial charge is 0.236 e. The first kappa shape index (κ1) is 11.9. The van der Waals surface area contributed by atoms with Crippen molar-refractivity contribution in [3.05, 3.63) is 0 Å². The van der Waals surface area contributed by atoms with Crippen LogP contribution in [0.2, 0.25) is 0 Å². The van der Waals surface area contributed by atoms with E-state index >= 15 is 0 Å². The summed E-state index contributed by atoms with van der Waals surface area (Å²) in [5.41, 5.74) is 0. The van der Waals surface area contributed by atoms with Gasteiger partial charge < -0.3 is 0 Å². The first-order chi connectivity index (χ1) is 5.81. The molecular weight excluding hydrogens is 152 g/mol. The molecule has 0 heterocycles. The number of unbranched alkanes of at least 4 members (excludes halogenated alkanes) is 2. The van der Waals surface area contributed by atoms with E-state index in [2.05, 4.69) is 13.8 Å². The molecule has 1 atom stereocenters. The van der Waals surface area contributed by atoms with Gasteiger partial charge in [0.15, 0.2) is 0 Å². The summed E-state index contributed by atoms with van der Waals surface area (Å²) in [5, 5.41) is 0. The van der Waals surface area contributed by atoms with Crippen molar-refractivity contribution in [2.75, 3.05) is 6.61 Å². The SMILES string of the molecule is CCCCCOOC(C)CCC. The molecule has 0 fully saturated rings. The van der Waals surface area contributed by atoms with Crippen molar-refractivity contribution in [2.24, 2.45) is 0 Å². The second-order valence-electron chi connectivity index (χ2n) is 3.22. The van der Waals surface area contributed by atoms with Gasteiger partial charge in [-0.2, -0.15) is 0 Å². The molecule has 0 aromatic heterocycles. The highest BCUT2D eigenvalue weighted by atomic mass is 17.2. The molecule has 0 aromatic rings. The summed E-state index contributed by atoms with van der Waals surface area (Å²) in [7, 11) is 0. The van der Waals surface area contributed by atoms with E-state index < -0.39 is 0 Å². The molecule has 0 saturated carbocycles. The highest BCUT2D eigenvalue weighted by Crippen LogP contribution is 2.02. The standard InChI is InChI=1S/C10H22O2/c1-4-6-7-9-11-12-10(3)8-5-2/h10H,4-9H2,1-3H3. The zero-order chi connectivity index (χ0) is 9.23. The fraction of sp³-hybridized carbons (Fsp3) is 1.00. The summed E-state index contributed by atoms with van der Waals surface area (Å²) in [6.07, 6.45) is 6.04. The van der Waals surface area contributed by atoms with E-state index in [1.54, 1.807) is 0 Å². The Morgan fingerprint density at radius 3 is 2.42 bits per heavy atom. The van der Waals surface area contributed by atoms with Gasteiger partial charge in [-0.1, -0.05) is 33.1 Å². The van der Waals surface area contributed by atoms with E-state index in [0.29, 0.717) is 0 Å². The number of hydrogen-bond acceptors (Lipinski definition) is 2. The maximum Gasteiger partial charge on any atom is 0.0901 e. The van der Waals surface area contributed by atoms with Crippen LogP contribution in [0.4, 0.5) is 0 Å². The monoisotopic (exact) mass is 174 g/mol. The van der Waals surface area contributed by atoms with E-state index in [1.165, 1.54) is 12.8 Å². The molecule has 0 radical (unpaired) electrons. The van der Waals surface area contributed by atoms with Gasteiger partial charge in [0.05, 0.1) is 12.7 Å². The maximum absolute atomic E-state index is 5.13. The van der Waals surface area contributed by atoms with Crippen LogP contribution >= 0.6 is 0 Å². The van der Waals surface area contributed by atoms with Gasteiger partial charge in [0.2, 0.25) is 0 Å². The minimum atomic E-state index is 0.247. The molecule has 0 aromatic carbocycles. The van der Waals surface area contributed by atoms with E-state index in [4.69, 9.17) is 9.78 Å². The Bertz CT molecular complexity index is 83.9. The second kappa shape index (κ2) is 9.01. The minimum Gasteiger partial charge on any atom is -0.236 e. The Morgan fingerprint density at radius 1 is 1.08 bits per heavy atom. The number of hydrogen-bond donors (Lipinski definition) is 0. The van der Waals surface area contributed by atoms with Crippen molar-refractivity contribution < 1.29 is 9.78 Å². The van der Waals surface area contributed by atoms with Gasteiger partial charge in [-0.3, -0.25) is 0 Å². The average Bonchev–Trinajstić information content (AvgIpc) is 2.05. The van der Waals surface area contributed by atoms with E-state index in [0.717, 1.165) is 25.9 Å². The Balaban J connectivity index is 2.97. The smallest absolute Gasteiger partial charge is 0.0901 e. The average molecular weight is 174 g/mol. The molecule has 12 heavy (non-hydrogen) atoms. The van der Waals surface area contributed by atoms with Gasteiger partial charge in [-0.15, -0.1) is 0 Å². The van der Waals surface area contributed by atoms with Gasteiger partial charge in [0, 0.05) is 0 Å². The molecule has 0 amide bonds. The maximum atomic E-state index is 5.13. The fourth-order valence-electron chi connectivity index (χ4n) is 1.03. The molecular formula is C10H22O2. The van der Waals surface area contributed by atoms with Crippen molar-refractivity contribution in [3.8, 4) is 0 Å². The lowest BCUT2D eigenvalue weighted by Gasteiger charge is -2.09. The molecule has 1 unspecified atom stereocenters. The zero-order valence-corrected chi connectivity index (χ0v) is 8.64. The van der Waals surface area contributed by atoms with Gasteiger partial charge in [0.1, 0.15) is 0 Å². The molecule has 0 spiro atoms. The number of rotatable bonds is 8. The topological polar surface area (TPSA) is 18.5 Å². The molecule has 0 N–H and O–H groups in total. The van der Waals surface area contributed by atoms with Crippen LogP contribution in [0, 0.1) is 0 Å². The van der Waals surface area contributed by atoms with Crippen molar-refractivity contribution in [1.29, 1.82) is 0 Å². The molecule has 2 heteroatoms. The van der Waals surface area contributed by atoms with Gasteiger partial charge in [0.25, 0.3) is 0 Å². The van der Waals surface area contributed by atoms with Crippen LogP contribution in [0.5, 0.6) is 0 Å². The minimum absolute atomic E-state index is 0.247. The predicted molar refractivity (Wildman–Crippen MR) is 50.9 cm³/mol. The fourth-order valence-corrected chi connectivity index (χ4v) is 1.03. The molecule has 0 bridgehead atoms. The molecule has 74 valence electrons. The lowest BCUT2D eigenvalue weighted by atomic mass is 10.2. The second-order valence-corrected chi connectivity index (χ2v) is 3.22. The van der Waals surface area contributed by atoms with Crippen molar-refractivity contribution in [1.82, 2.24) is 0 Å². The normalized spacial score (nSPS) is 13.2. The summed E-state index contributed by atoms with van der Waals surface area (Å²) in [4.78, 5) is 10.2. The van der Waals surface area contributed by atoms with Crippen LogP contribution in [0.1, 0.15) is 52.9 Å². The first-order valence-electron chi connectivity index (χ1n) is 5.09. The third-order valence-corrected chi connectivity index (χ3v) is 1.76. The Morgan fingerprint density at radius 2 is 1.83 bits per heavy atom. The van der Waals surface area contributed by atoms with Crippen molar-refractivity contribution in [2.45, 2.75) is 59.0 Å². The predicted octanol–water partition coefficient (Wildman–Crippen LogP) is 3.31. The van der Waals surface area contributed by atoms with Gasteiger partial charge >= 0.3 is 0 Å². The first-order valence-corrected chi connectivity index (χ1v) is 5.09. The Kier molecular flexibility index (Phi) is 8.95. The molecule has 0 aliphatic rings. The van der Waals surface area contributed by atoms with Gasteiger partial charge in [-0.25, -0.2) is 9.78 Å². The Hall–Kier alpha value is -0.0800. The molecule has 0 aliphatic carbocycles. The lowest BCUT2D eigenvalue weighted by molar-refractivity contribution is -0.321. The van der Waals surface area contributed by atoms with Crippen LogP contribution in [-0.4, -0.2) is 12.7 Å². The van der Waals surface area contributed by atoms with Gasteiger partial charge in [-0.05, 0) is 19.8 Å². The highest BCUT2D eigenvalue weighted by Gasteiger charge is 2.00. The van der Waals surface area contributed by atoms with E-state index in [9.17, 15) is 0 Å². The third-order valence-electron chi connectivity index (χ3n) is 1.76. The lowest BCUT2D eigenvalue weighted by Crippen LogP contribution is -2.08. The zero-order valence-electron chi connectivity index (χ0n) is 8.64. The van der Waals surface area contributed by atoms with E-state index in [-0.39, 0.29) is 6.10 Å². The van der Waals surface area contributed by atoms with E-state index in [1.807, 2.05) is 6.92 Å². The third kappa shape index (κ3) is 8.02. The van der Waals surface area contributed by atoms with Crippen LogP contribution in [0.15, 0.2) is 0 Å². The summed E-state index contributed by atoms with van der Waals surface area (Å²) >= 11 is 0. The quantitative estimate of drug-likeness (QED) is 0.319. The van der Waals surface area contributed by atoms with Crippen LogP contribution in [0.3, 0.4) is 0 Å². The molecule has 0 aliphatic heterocycles. The summed E-state index contributed by atoms with van der Waals surface area (Å²) in [6.45, 7) is 7.11. The molecule has 0 rings (SSSR count). The van der Waals surface area contributed by atoms with Crippen LogP contribution < -0.4 is 0 Å². The summed E-state index contributed by atoms with van der Waals surface area (Å²) in [5.74, 6) is 0. The Labute approximate surface area is 76.2 Å². The molecule has 0 saturated heterocycles. The highest BCUT2D eigenvalue weighted by molar-refractivity contribution is 4.43. The van der Waals surface area contributed by atoms with Crippen LogP contribution in [-0.2, 0) is 9.78 Å². The summed E-state index contributed by atoms with van der Waals surface area (Å²) in [6, 6.07) is 0. The van der Waals surface area contributed by atoms with Crippen molar-refractivity contribution >= 4 is 0 Å². The summed E-state index contributed by atoms with van der Waals surface area (Å²) < 4.78 is 0. The molecule has 2 nitrogen and oxygen atoms in total. The van der Waals surface area contributed by atoms with Crippen LogP contribution in [0.25, 0.3) is 0 Å².